The Morgan fingerprint density at radius 1 is 1.00 bits per heavy atom. The van der Waals surface area contributed by atoms with Crippen molar-refractivity contribution >= 4 is 50.9 Å². The molecule has 0 amide bonds. The molecule has 138 valence electrons. The third kappa shape index (κ3) is 3.80. The van der Waals surface area contributed by atoms with Crippen molar-refractivity contribution in [3.63, 3.8) is 0 Å². The monoisotopic (exact) mass is 389 g/mol. The number of carboxylic acid groups (broad SMARTS) is 1. The molecule has 0 spiro atoms. The number of anilines is 2. The lowest BCUT2D eigenvalue weighted by Gasteiger charge is -2.11. The van der Waals surface area contributed by atoms with E-state index in [9.17, 15) is 14.3 Å². The van der Waals surface area contributed by atoms with Gasteiger partial charge in [-0.25, -0.2) is 9.18 Å². The van der Waals surface area contributed by atoms with E-state index in [1.807, 2.05) is 24.3 Å². The predicted molar refractivity (Wildman–Crippen MR) is 114 cm³/mol. The molecule has 0 radical (unpaired) electrons. The van der Waals surface area contributed by atoms with Crippen molar-refractivity contribution in [1.82, 2.24) is 0 Å². The average molecular weight is 389 g/mol. The number of carbonyl (C=O) groups is 1. The maximum atomic E-state index is 13.1. The number of halogens is 1. The van der Waals surface area contributed by atoms with E-state index in [4.69, 9.17) is 0 Å². The molecule has 2 N–H and O–H groups in total. The van der Waals surface area contributed by atoms with Crippen molar-refractivity contribution in [2.75, 3.05) is 5.32 Å². The molecule has 0 aliphatic carbocycles. The SMILES string of the molecule is O=C(O)c1ccc(C=Cc2csc3ccccc23)cc1Nc1ccc(F)cc1. The van der Waals surface area contributed by atoms with Crippen LogP contribution >= 0.6 is 11.3 Å². The zero-order valence-corrected chi connectivity index (χ0v) is 15.5. The molecule has 0 atom stereocenters. The van der Waals surface area contributed by atoms with Gasteiger partial charge in [0.15, 0.2) is 0 Å². The van der Waals surface area contributed by atoms with E-state index in [-0.39, 0.29) is 11.4 Å². The summed E-state index contributed by atoms with van der Waals surface area (Å²) in [5.74, 6) is -1.37. The molecule has 1 heterocycles. The normalized spacial score (nSPS) is 11.2. The summed E-state index contributed by atoms with van der Waals surface area (Å²) in [5.41, 5.74) is 3.22. The van der Waals surface area contributed by atoms with Gasteiger partial charge in [-0.1, -0.05) is 36.4 Å². The number of carboxylic acids is 1. The Hall–Kier alpha value is -3.44. The fourth-order valence-electron chi connectivity index (χ4n) is 2.96. The summed E-state index contributed by atoms with van der Waals surface area (Å²) in [6.45, 7) is 0. The minimum atomic E-state index is -1.02. The number of fused-ring (bicyclic) bond motifs is 1. The van der Waals surface area contributed by atoms with Gasteiger partial charge < -0.3 is 10.4 Å². The molecule has 1 aromatic heterocycles. The summed E-state index contributed by atoms with van der Waals surface area (Å²) in [7, 11) is 0. The highest BCUT2D eigenvalue weighted by Crippen LogP contribution is 2.28. The highest BCUT2D eigenvalue weighted by Gasteiger charge is 2.11. The quantitative estimate of drug-likeness (QED) is 0.402. The number of benzene rings is 3. The van der Waals surface area contributed by atoms with E-state index in [0.717, 1.165) is 11.1 Å². The topological polar surface area (TPSA) is 49.3 Å². The van der Waals surface area contributed by atoms with Gasteiger partial charge in [0, 0.05) is 10.4 Å². The van der Waals surface area contributed by atoms with E-state index in [2.05, 4.69) is 22.8 Å². The molecule has 0 bridgehead atoms. The molecule has 0 aliphatic rings. The first-order chi connectivity index (χ1) is 13.6. The number of aromatic carboxylic acids is 1. The van der Waals surface area contributed by atoms with E-state index in [1.54, 1.807) is 41.7 Å². The van der Waals surface area contributed by atoms with Crippen LogP contribution in [-0.2, 0) is 0 Å². The Morgan fingerprint density at radius 3 is 2.57 bits per heavy atom. The first-order valence-electron chi connectivity index (χ1n) is 8.64. The summed E-state index contributed by atoms with van der Waals surface area (Å²) < 4.78 is 14.3. The highest BCUT2D eigenvalue weighted by molar-refractivity contribution is 7.17. The van der Waals surface area contributed by atoms with Crippen LogP contribution < -0.4 is 5.32 Å². The smallest absolute Gasteiger partial charge is 0.337 e. The summed E-state index contributed by atoms with van der Waals surface area (Å²) in [5, 5.41) is 15.8. The lowest BCUT2D eigenvalue weighted by Crippen LogP contribution is -2.03. The van der Waals surface area contributed by atoms with Crippen LogP contribution in [-0.4, -0.2) is 11.1 Å². The first kappa shape index (κ1) is 17.9. The summed E-state index contributed by atoms with van der Waals surface area (Å²) in [4.78, 5) is 11.6. The van der Waals surface area contributed by atoms with Crippen LogP contribution in [0.4, 0.5) is 15.8 Å². The van der Waals surface area contributed by atoms with Crippen molar-refractivity contribution in [3.8, 4) is 0 Å². The Morgan fingerprint density at radius 2 is 1.79 bits per heavy atom. The van der Waals surface area contributed by atoms with Gasteiger partial charge in [0.25, 0.3) is 0 Å². The van der Waals surface area contributed by atoms with Crippen LogP contribution in [0.25, 0.3) is 22.2 Å². The second-order valence-electron chi connectivity index (χ2n) is 6.26. The van der Waals surface area contributed by atoms with Crippen LogP contribution in [0.3, 0.4) is 0 Å². The van der Waals surface area contributed by atoms with E-state index in [1.165, 1.54) is 22.2 Å². The molecule has 0 unspecified atom stereocenters. The van der Waals surface area contributed by atoms with Crippen molar-refractivity contribution in [3.05, 3.63) is 94.6 Å². The zero-order chi connectivity index (χ0) is 19.5. The van der Waals surface area contributed by atoms with Crippen molar-refractivity contribution < 1.29 is 14.3 Å². The number of nitrogens with one attached hydrogen (secondary N) is 1. The summed E-state index contributed by atoms with van der Waals surface area (Å²) >= 11 is 1.69. The van der Waals surface area contributed by atoms with Crippen LogP contribution in [0.5, 0.6) is 0 Å². The largest absolute Gasteiger partial charge is 0.478 e. The third-order valence-electron chi connectivity index (χ3n) is 4.36. The minimum absolute atomic E-state index is 0.155. The molecule has 0 saturated carbocycles. The maximum absolute atomic E-state index is 13.1. The van der Waals surface area contributed by atoms with Crippen LogP contribution in [0, 0.1) is 5.82 Å². The van der Waals surface area contributed by atoms with Crippen molar-refractivity contribution in [2.45, 2.75) is 0 Å². The van der Waals surface area contributed by atoms with Gasteiger partial charge in [0.1, 0.15) is 5.82 Å². The molecule has 3 nitrogen and oxygen atoms in total. The van der Waals surface area contributed by atoms with Crippen molar-refractivity contribution in [2.24, 2.45) is 0 Å². The van der Waals surface area contributed by atoms with Gasteiger partial charge in [0.2, 0.25) is 0 Å². The fraction of sp³-hybridized carbons (Fsp3) is 0. The van der Waals surface area contributed by atoms with Gasteiger partial charge in [-0.2, -0.15) is 0 Å². The summed E-state index contributed by atoms with van der Waals surface area (Å²) in [6, 6.07) is 19.1. The van der Waals surface area contributed by atoms with Crippen LogP contribution in [0.2, 0.25) is 0 Å². The van der Waals surface area contributed by atoms with Gasteiger partial charge in [-0.05, 0) is 64.4 Å². The number of hydrogen-bond acceptors (Lipinski definition) is 3. The third-order valence-corrected chi connectivity index (χ3v) is 5.35. The molecule has 0 saturated heterocycles. The minimum Gasteiger partial charge on any atom is -0.478 e. The Labute approximate surface area is 165 Å². The molecule has 5 heteroatoms. The van der Waals surface area contributed by atoms with Gasteiger partial charge in [-0.3, -0.25) is 0 Å². The molecule has 4 rings (SSSR count). The number of thiophene rings is 1. The fourth-order valence-corrected chi connectivity index (χ4v) is 3.89. The van der Waals surface area contributed by atoms with Gasteiger partial charge in [0.05, 0.1) is 11.3 Å². The first-order valence-corrected chi connectivity index (χ1v) is 9.52. The second-order valence-corrected chi connectivity index (χ2v) is 7.17. The van der Waals surface area contributed by atoms with Gasteiger partial charge in [-0.15, -0.1) is 11.3 Å². The molecule has 4 aromatic rings. The predicted octanol–water partition coefficient (Wildman–Crippen LogP) is 6.65. The van der Waals surface area contributed by atoms with E-state index < -0.39 is 5.97 Å². The molecular formula is C23H16FNO2S. The maximum Gasteiger partial charge on any atom is 0.337 e. The standard InChI is InChI=1S/C23H16FNO2S/c24-17-8-10-18(11-9-17)25-21-13-15(6-12-20(21)23(26)27)5-7-16-14-28-22-4-2-1-3-19(16)22/h1-14,25H,(H,26,27). The molecular weight excluding hydrogens is 373 g/mol. The van der Waals surface area contributed by atoms with Crippen LogP contribution in [0.15, 0.2) is 72.1 Å². The van der Waals surface area contributed by atoms with Crippen molar-refractivity contribution in [1.29, 1.82) is 0 Å². The molecule has 28 heavy (non-hydrogen) atoms. The highest BCUT2D eigenvalue weighted by atomic mass is 32.1. The van der Waals surface area contributed by atoms with E-state index in [0.29, 0.717) is 11.4 Å². The lowest BCUT2D eigenvalue weighted by atomic mass is 10.1. The second kappa shape index (κ2) is 7.66. The Bertz CT molecular complexity index is 1180. The van der Waals surface area contributed by atoms with E-state index >= 15 is 0 Å². The Balaban J connectivity index is 1.66. The van der Waals surface area contributed by atoms with Crippen LogP contribution in [0.1, 0.15) is 21.5 Å². The summed E-state index contributed by atoms with van der Waals surface area (Å²) in [6.07, 6.45) is 3.98. The lowest BCUT2D eigenvalue weighted by molar-refractivity contribution is 0.0698. The molecule has 0 aliphatic heterocycles. The number of hydrogen-bond donors (Lipinski definition) is 2. The number of rotatable bonds is 5. The Kier molecular flexibility index (Phi) is 4.91. The zero-order valence-electron chi connectivity index (χ0n) is 14.7. The average Bonchev–Trinajstić information content (AvgIpc) is 3.11. The molecule has 3 aromatic carbocycles. The molecule has 0 fully saturated rings. The van der Waals surface area contributed by atoms with Gasteiger partial charge >= 0.3 is 5.97 Å².